The van der Waals surface area contributed by atoms with Crippen molar-refractivity contribution in [2.75, 3.05) is 0 Å². The Labute approximate surface area is 198 Å². The third kappa shape index (κ3) is 16.5. The average molecular weight is 431 g/mol. The van der Waals surface area contributed by atoms with E-state index in [0.717, 1.165) is 5.75 Å². The highest BCUT2D eigenvalue weighted by Crippen LogP contribution is 2.11. The minimum Gasteiger partial charge on any atom is -0.489 e. The minimum absolute atomic E-state index is 0.630. The number of hydrogen-bond donors (Lipinski definition) is 0. The highest BCUT2D eigenvalue weighted by Gasteiger charge is 1.92. The second kappa shape index (κ2) is 24.0. The number of hydrogen-bond acceptors (Lipinski definition) is 1. The number of rotatable bonds is 4. The topological polar surface area (TPSA) is 9.23 Å². The van der Waals surface area contributed by atoms with E-state index in [2.05, 4.69) is 67.3 Å². The van der Waals surface area contributed by atoms with Crippen LogP contribution in [0.4, 0.5) is 0 Å². The number of ether oxygens (including phenoxy) is 1. The second-order valence-corrected chi connectivity index (χ2v) is 5.94. The molecule has 0 unspecified atom stereocenters. The monoisotopic (exact) mass is 430 g/mol. The molecule has 0 fully saturated rings. The van der Waals surface area contributed by atoms with E-state index >= 15 is 0 Å². The van der Waals surface area contributed by atoms with Crippen molar-refractivity contribution in [1.29, 1.82) is 0 Å². The molecule has 0 radical (unpaired) electrons. The molecule has 0 heterocycles. The molecule has 3 rings (SSSR count). The highest BCUT2D eigenvalue weighted by molar-refractivity contribution is 5.52. The van der Waals surface area contributed by atoms with E-state index in [1.165, 1.54) is 16.7 Å². The first-order chi connectivity index (χ1) is 15.7. The third-order valence-electron chi connectivity index (χ3n) is 3.78. The molecular weight excluding hydrogens is 388 g/mol. The van der Waals surface area contributed by atoms with Gasteiger partial charge >= 0.3 is 0 Å². The van der Waals surface area contributed by atoms with Crippen LogP contribution in [0.15, 0.2) is 91.0 Å². The van der Waals surface area contributed by atoms with E-state index in [4.69, 9.17) is 4.74 Å². The van der Waals surface area contributed by atoms with E-state index in [1.807, 2.05) is 97.0 Å². The molecule has 0 aliphatic heterocycles. The lowest BCUT2D eigenvalue weighted by Gasteiger charge is -2.05. The van der Waals surface area contributed by atoms with Crippen molar-refractivity contribution in [1.82, 2.24) is 0 Å². The summed E-state index contributed by atoms with van der Waals surface area (Å²) in [6.07, 6.45) is 4.18. The van der Waals surface area contributed by atoms with Crippen LogP contribution in [0.5, 0.6) is 5.75 Å². The predicted octanol–water partition coefficient (Wildman–Crippen LogP) is 9.38. The Kier molecular flexibility index (Phi) is 23.2. The fourth-order valence-electron chi connectivity index (χ4n) is 2.21. The molecule has 0 atom stereocenters. The summed E-state index contributed by atoms with van der Waals surface area (Å²) in [4.78, 5) is 0. The average Bonchev–Trinajstić information content (AvgIpc) is 2.88. The minimum atomic E-state index is 0.630. The molecular formula is C31H42O. The Bertz CT molecular complexity index is 807. The summed E-state index contributed by atoms with van der Waals surface area (Å²) in [5, 5.41) is 0. The van der Waals surface area contributed by atoms with Crippen LogP contribution in [0, 0.1) is 18.8 Å². The van der Waals surface area contributed by atoms with Crippen molar-refractivity contribution in [3.05, 3.63) is 108 Å². The van der Waals surface area contributed by atoms with Gasteiger partial charge in [-0.25, -0.2) is 0 Å². The van der Waals surface area contributed by atoms with Crippen LogP contribution in [0.2, 0.25) is 0 Å². The molecule has 0 saturated carbocycles. The number of aryl methyl sites for hydroxylation is 1. The smallest absolute Gasteiger partial charge is 0.119 e. The zero-order valence-corrected chi connectivity index (χ0v) is 21.4. The maximum absolute atomic E-state index is 5.59. The van der Waals surface area contributed by atoms with Crippen molar-refractivity contribution in [3.63, 3.8) is 0 Å². The van der Waals surface area contributed by atoms with Crippen LogP contribution in [-0.2, 0) is 6.61 Å². The molecule has 32 heavy (non-hydrogen) atoms. The van der Waals surface area contributed by atoms with E-state index in [0.29, 0.717) is 6.61 Å². The molecule has 0 saturated heterocycles. The third-order valence-corrected chi connectivity index (χ3v) is 3.78. The van der Waals surface area contributed by atoms with Gasteiger partial charge in [0, 0.05) is 0 Å². The molecule has 0 aromatic heterocycles. The van der Waals surface area contributed by atoms with Gasteiger partial charge in [0.05, 0.1) is 0 Å². The summed E-state index contributed by atoms with van der Waals surface area (Å²) in [7, 11) is 0. The summed E-state index contributed by atoms with van der Waals surface area (Å²) in [6.45, 7) is 16.4. The first kappa shape index (κ1) is 30.9. The Morgan fingerprint density at radius 2 is 1.16 bits per heavy atom. The Morgan fingerprint density at radius 1 is 0.688 bits per heavy atom. The fraction of sp³-hybridized carbons (Fsp3) is 0.290. The van der Waals surface area contributed by atoms with E-state index < -0.39 is 0 Å². The van der Waals surface area contributed by atoms with Crippen molar-refractivity contribution in [2.45, 2.75) is 62.0 Å². The van der Waals surface area contributed by atoms with Crippen LogP contribution in [0.3, 0.4) is 0 Å². The Morgan fingerprint density at radius 3 is 1.62 bits per heavy atom. The quantitative estimate of drug-likeness (QED) is 0.375. The summed E-state index contributed by atoms with van der Waals surface area (Å²) in [6, 6.07) is 28.4. The van der Waals surface area contributed by atoms with Crippen molar-refractivity contribution in [2.24, 2.45) is 0 Å². The summed E-state index contributed by atoms with van der Waals surface area (Å²) in [5.41, 5.74) is 3.84. The SMILES string of the molecule is C/C=C\c1ccccc1C.CC.CC.CC#CC.c1ccc(COc2ccccc2)cc1. The van der Waals surface area contributed by atoms with Crippen molar-refractivity contribution in [3.8, 4) is 17.6 Å². The van der Waals surface area contributed by atoms with Gasteiger partial charge in [-0.2, -0.15) is 0 Å². The van der Waals surface area contributed by atoms with Gasteiger partial charge in [-0.15, -0.1) is 11.8 Å². The molecule has 1 nitrogen and oxygen atoms in total. The number of para-hydroxylation sites is 1. The van der Waals surface area contributed by atoms with Crippen molar-refractivity contribution < 1.29 is 4.74 Å². The zero-order valence-electron chi connectivity index (χ0n) is 21.4. The van der Waals surface area contributed by atoms with Crippen LogP contribution in [0.1, 0.15) is 65.2 Å². The van der Waals surface area contributed by atoms with Crippen LogP contribution in [0.25, 0.3) is 6.08 Å². The lowest BCUT2D eigenvalue weighted by Crippen LogP contribution is -1.94. The molecule has 1 heteroatoms. The molecule has 0 spiro atoms. The van der Waals surface area contributed by atoms with Gasteiger partial charge in [0.25, 0.3) is 0 Å². The molecule has 3 aromatic carbocycles. The van der Waals surface area contributed by atoms with E-state index in [1.54, 1.807) is 0 Å². The lowest BCUT2D eigenvalue weighted by molar-refractivity contribution is 0.306. The predicted molar refractivity (Wildman–Crippen MR) is 145 cm³/mol. The maximum atomic E-state index is 5.59. The van der Waals surface area contributed by atoms with E-state index in [9.17, 15) is 0 Å². The van der Waals surface area contributed by atoms with Crippen LogP contribution >= 0.6 is 0 Å². The summed E-state index contributed by atoms with van der Waals surface area (Å²) >= 11 is 0. The van der Waals surface area contributed by atoms with Gasteiger partial charge in [0.2, 0.25) is 0 Å². The Balaban J connectivity index is 0. The standard InChI is InChI=1S/C13H12O.C10H12.C4H6.2C2H6/c1-3-7-12(8-4-1)11-14-13-9-5-2-6-10-13;1-3-6-10-8-5-4-7-9(10)2;1-3-4-2;2*1-2/h1-10H,11H2;3-8H,1-2H3;1-2H3;2*1-2H3/b;6-3-;;;. The number of benzene rings is 3. The van der Waals surface area contributed by atoms with Crippen LogP contribution in [-0.4, -0.2) is 0 Å². The number of allylic oxidation sites excluding steroid dienone is 1. The Hall–Kier alpha value is -3.24. The van der Waals surface area contributed by atoms with E-state index in [-0.39, 0.29) is 0 Å². The molecule has 0 amide bonds. The summed E-state index contributed by atoms with van der Waals surface area (Å²) in [5.74, 6) is 6.27. The molecule has 0 aliphatic rings. The first-order valence-electron chi connectivity index (χ1n) is 11.4. The summed E-state index contributed by atoms with van der Waals surface area (Å²) < 4.78 is 5.59. The molecule has 172 valence electrons. The first-order valence-corrected chi connectivity index (χ1v) is 11.4. The van der Waals surface area contributed by atoms with Crippen molar-refractivity contribution >= 4 is 6.08 Å². The van der Waals surface area contributed by atoms with Crippen LogP contribution < -0.4 is 4.74 Å². The highest BCUT2D eigenvalue weighted by atomic mass is 16.5. The molecule has 0 N–H and O–H groups in total. The molecule has 3 aromatic rings. The largest absolute Gasteiger partial charge is 0.489 e. The van der Waals surface area contributed by atoms with Gasteiger partial charge < -0.3 is 4.74 Å². The molecule has 0 bridgehead atoms. The second-order valence-electron chi connectivity index (χ2n) is 5.94. The normalized spacial score (nSPS) is 8.38. The fourth-order valence-corrected chi connectivity index (χ4v) is 2.21. The lowest BCUT2D eigenvalue weighted by atomic mass is 10.1. The van der Waals surface area contributed by atoms with Gasteiger partial charge in [-0.1, -0.05) is 113 Å². The maximum Gasteiger partial charge on any atom is 0.119 e. The van der Waals surface area contributed by atoms with Gasteiger partial charge in [0.15, 0.2) is 0 Å². The van der Waals surface area contributed by atoms with Gasteiger partial charge in [-0.05, 0) is 56.5 Å². The van der Waals surface area contributed by atoms with Gasteiger partial charge in [0.1, 0.15) is 12.4 Å². The zero-order chi connectivity index (χ0) is 24.5. The van der Waals surface area contributed by atoms with Gasteiger partial charge in [-0.3, -0.25) is 0 Å². The molecule has 0 aliphatic carbocycles.